The molecule has 1 aromatic carbocycles. The third kappa shape index (κ3) is 2.20. The van der Waals surface area contributed by atoms with E-state index in [4.69, 9.17) is 10.8 Å². The van der Waals surface area contributed by atoms with Gasteiger partial charge in [0.15, 0.2) is 0 Å². The maximum Gasteiger partial charge on any atom is 0.329 e. The highest BCUT2D eigenvalue weighted by atomic mass is 79.9. The minimum Gasteiger partial charge on any atom is -0.480 e. The average molecular weight is 313 g/mol. The normalized spacial score (nSPS) is 16.7. The molecule has 0 aromatic heterocycles. The predicted octanol–water partition coefficient (Wildman–Crippen LogP) is 1.77. The van der Waals surface area contributed by atoms with Crippen molar-refractivity contribution in [3.63, 3.8) is 0 Å². The Bertz CT molecular complexity index is 512. The van der Waals surface area contributed by atoms with Gasteiger partial charge in [-0.2, -0.15) is 0 Å². The largest absolute Gasteiger partial charge is 0.480 e. The fourth-order valence-electron chi connectivity index (χ4n) is 1.88. The molecule has 0 unspecified atom stereocenters. The first-order valence-electron chi connectivity index (χ1n) is 5.55. The van der Waals surface area contributed by atoms with Crippen LogP contribution in [-0.2, 0) is 4.79 Å². The van der Waals surface area contributed by atoms with Gasteiger partial charge in [-0.3, -0.25) is 4.79 Å². The van der Waals surface area contributed by atoms with Gasteiger partial charge in [-0.15, -0.1) is 0 Å². The van der Waals surface area contributed by atoms with Crippen LogP contribution in [0.3, 0.4) is 0 Å². The highest BCUT2D eigenvalue weighted by Crippen LogP contribution is 2.32. The molecule has 0 saturated heterocycles. The van der Waals surface area contributed by atoms with E-state index >= 15 is 0 Å². The maximum absolute atomic E-state index is 12.0. The van der Waals surface area contributed by atoms with E-state index in [1.54, 1.807) is 18.2 Å². The lowest BCUT2D eigenvalue weighted by Gasteiger charge is -2.38. The lowest BCUT2D eigenvalue weighted by atomic mass is 9.76. The van der Waals surface area contributed by atoms with Gasteiger partial charge in [0.2, 0.25) is 0 Å². The van der Waals surface area contributed by atoms with E-state index in [2.05, 4.69) is 21.2 Å². The lowest BCUT2D eigenvalue weighted by Crippen LogP contribution is -2.59. The third-order valence-corrected chi connectivity index (χ3v) is 3.92. The second-order valence-corrected chi connectivity index (χ2v) is 5.29. The molecule has 1 fully saturated rings. The molecule has 4 N–H and O–H groups in total. The van der Waals surface area contributed by atoms with E-state index in [-0.39, 0.29) is 0 Å². The molecular weight excluding hydrogens is 300 g/mol. The summed E-state index contributed by atoms with van der Waals surface area (Å²) in [4.78, 5) is 23.1. The Hall–Kier alpha value is -1.56. The van der Waals surface area contributed by atoms with Crippen LogP contribution in [0.15, 0.2) is 22.7 Å². The Labute approximate surface area is 112 Å². The minimum atomic E-state index is -1.09. The molecule has 96 valence electrons. The van der Waals surface area contributed by atoms with Crippen molar-refractivity contribution in [2.24, 2.45) is 0 Å². The Balaban J connectivity index is 2.17. The standard InChI is InChI=1S/C12H13BrN2O3/c13-8-6-7(2-3-9(8)14)10(16)15-12(11(17)18)4-1-5-12/h2-3,6H,1,4-5,14H2,(H,15,16)(H,17,18). The molecule has 1 amide bonds. The summed E-state index contributed by atoms with van der Waals surface area (Å²) in [5.74, 6) is -1.37. The van der Waals surface area contributed by atoms with Crippen molar-refractivity contribution >= 4 is 33.5 Å². The van der Waals surface area contributed by atoms with Crippen molar-refractivity contribution in [3.8, 4) is 0 Å². The molecule has 5 nitrogen and oxygen atoms in total. The number of hydrogen-bond donors (Lipinski definition) is 3. The summed E-state index contributed by atoms with van der Waals surface area (Å²) < 4.78 is 0.619. The summed E-state index contributed by atoms with van der Waals surface area (Å²) in [5.41, 5.74) is 5.46. The molecule has 0 radical (unpaired) electrons. The number of nitrogens with one attached hydrogen (secondary N) is 1. The summed E-state index contributed by atoms with van der Waals surface area (Å²) in [5, 5.41) is 11.7. The van der Waals surface area contributed by atoms with Crippen molar-refractivity contribution in [1.29, 1.82) is 0 Å². The number of aliphatic carboxylic acids is 1. The van der Waals surface area contributed by atoms with Crippen LogP contribution in [-0.4, -0.2) is 22.5 Å². The highest BCUT2D eigenvalue weighted by molar-refractivity contribution is 9.10. The number of halogens is 1. The molecule has 1 aliphatic carbocycles. The molecule has 0 atom stereocenters. The van der Waals surface area contributed by atoms with Gasteiger partial charge in [-0.05, 0) is 53.4 Å². The monoisotopic (exact) mass is 312 g/mol. The summed E-state index contributed by atoms with van der Waals surface area (Å²) in [6, 6.07) is 4.76. The second kappa shape index (κ2) is 4.61. The first kappa shape index (κ1) is 12.9. The molecule has 0 bridgehead atoms. The summed E-state index contributed by atoms with van der Waals surface area (Å²) in [6.07, 6.45) is 1.77. The van der Waals surface area contributed by atoms with Gasteiger partial charge in [0, 0.05) is 15.7 Å². The number of amides is 1. The molecule has 18 heavy (non-hydrogen) atoms. The van der Waals surface area contributed by atoms with E-state index in [9.17, 15) is 9.59 Å². The molecule has 2 rings (SSSR count). The minimum absolute atomic E-state index is 0.391. The van der Waals surface area contributed by atoms with Crippen molar-refractivity contribution < 1.29 is 14.7 Å². The van der Waals surface area contributed by atoms with E-state index < -0.39 is 17.4 Å². The molecule has 6 heteroatoms. The first-order chi connectivity index (χ1) is 8.44. The fourth-order valence-corrected chi connectivity index (χ4v) is 2.26. The van der Waals surface area contributed by atoms with Crippen molar-refractivity contribution in [3.05, 3.63) is 28.2 Å². The van der Waals surface area contributed by atoms with Crippen LogP contribution in [0.4, 0.5) is 5.69 Å². The first-order valence-corrected chi connectivity index (χ1v) is 6.35. The van der Waals surface area contributed by atoms with Gasteiger partial charge in [-0.1, -0.05) is 0 Å². The molecule has 0 heterocycles. The third-order valence-electron chi connectivity index (χ3n) is 3.23. The molecule has 1 aromatic rings. The van der Waals surface area contributed by atoms with Crippen LogP contribution in [0, 0.1) is 0 Å². The number of anilines is 1. The van der Waals surface area contributed by atoms with Gasteiger partial charge >= 0.3 is 5.97 Å². The molecular formula is C12H13BrN2O3. The van der Waals surface area contributed by atoms with Crippen molar-refractivity contribution in [1.82, 2.24) is 5.32 Å². The second-order valence-electron chi connectivity index (χ2n) is 4.43. The summed E-state index contributed by atoms with van der Waals surface area (Å²) >= 11 is 3.23. The number of hydrogen-bond acceptors (Lipinski definition) is 3. The molecule has 1 saturated carbocycles. The topological polar surface area (TPSA) is 92.4 Å². The van der Waals surface area contributed by atoms with Crippen LogP contribution in [0.25, 0.3) is 0 Å². The van der Waals surface area contributed by atoms with Crippen LogP contribution >= 0.6 is 15.9 Å². The number of nitrogen functional groups attached to an aromatic ring is 1. The highest BCUT2D eigenvalue weighted by Gasteiger charge is 2.45. The zero-order valence-electron chi connectivity index (χ0n) is 9.57. The Kier molecular flexibility index (Phi) is 3.30. The smallest absolute Gasteiger partial charge is 0.329 e. The number of carbonyl (C=O) groups excluding carboxylic acids is 1. The van der Waals surface area contributed by atoms with Gasteiger partial charge in [0.25, 0.3) is 5.91 Å². The van der Waals surface area contributed by atoms with Gasteiger partial charge in [0.05, 0.1) is 0 Å². The number of benzene rings is 1. The maximum atomic E-state index is 12.0. The zero-order chi connectivity index (χ0) is 13.3. The van der Waals surface area contributed by atoms with Gasteiger partial charge < -0.3 is 16.2 Å². The Morgan fingerprint density at radius 1 is 1.39 bits per heavy atom. The van der Waals surface area contributed by atoms with Crippen LogP contribution < -0.4 is 11.1 Å². The zero-order valence-corrected chi connectivity index (χ0v) is 11.2. The quantitative estimate of drug-likeness (QED) is 0.742. The van der Waals surface area contributed by atoms with Crippen molar-refractivity contribution in [2.45, 2.75) is 24.8 Å². The Morgan fingerprint density at radius 2 is 2.06 bits per heavy atom. The van der Waals surface area contributed by atoms with Crippen molar-refractivity contribution in [2.75, 3.05) is 5.73 Å². The predicted molar refractivity (Wildman–Crippen MR) is 70.2 cm³/mol. The van der Waals surface area contributed by atoms with Crippen LogP contribution in [0.1, 0.15) is 29.6 Å². The number of carboxylic acid groups (broad SMARTS) is 1. The average Bonchev–Trinajstić information content (AvgIpc) is 2.26. The van der Waals surface area contributed by atoms with Gasteiger partial charge in [-0.25, -0.2) is 4.79 Å². The summed E-state index contributed by atoms with van der Waals surface area (Å²) in [6.45, 7) is 0. The number of nitrogens with two attached hydrogens (primary N) is 1. The van der Waals surface area contributed by atoms with E-state index in [0.29, 0.717) is 28.6 Å². The van der Waals surface area contributed by atoms with Crippen LogP contribution in [0.5, 0.6) is 0 Å². The van der Waals surface area contributed by atoms with E-state index in [1.807, 2.05) is 0 Å². The number of carbonyl (C=O) groups is 2. The fraction of sp³-hybridized carbons (Fsp3) is 0.333. The Morgan fingerprint density at radius 3 is 2.50 bits per heavy atom. The lowest BCUT2D eigenvalue weighted by molar-refractivity contribution is -0.148. The van der Waals surface area contributed by atoms with E-state index in [1.165, 1.54) is 0 Å². The molecule has 0 spiro atoms. The van der Waals surface area contributed by atoms with E-state index in [0.717, 1.165) is 6.42 Å². The number of carboxylic acids is 1. The summed E-state index contributed by atoms with van der Waals surface area (Å²) in [7, 11) is 0. The molecule has 1 aliphatic rings. The van der Waals surface area contributed by atoms with Gasteiger partial charge in [0.1, 0.15) is 5.54 Å². The number of rotatable bonds is 3. The molecule has 0 aliphatic heterocycles. The SMILES string of the molecule is Nc1ccc(C(=O)NC2(C(=O)O)CCC2)cc1Br. The van der Waals surface area contributed by atoms with Crippen LogP contribution in [0.2, 0.25) is 0 Å².